The molecule has 4 atom stereocenters. The van der Waals surface area contributed by atoms with Gasteiger partial charge >= 0.3 is 0 Å². The van der Waals surface area contributed by atoms with E-state index in [-0.39, 0.29) is 12.1 Å². The summed E-state index contributed by atoms with van der Waals surface area (Å²) in [4.78, 5) is 0. The maximum Gasteiger partial charge on any atom is 0.163 e. The Balaban J connectivity index is 2.08. The van der Waals surface area contributed by atoms with E-state index in [0.717, 1.165) is 0 Å². The Bertz CT molecular complexity index is 219. The molecule has 4 unspecified atom stereocenters. The molecule has 0 amide bonds. The molecule has 0 aromatic rings. The van der Waals surface area contributed by atoms with E-state index in [1.54, 1.807) is 13.8 Å². The van der Waals surface area contributed by atoms with Crippen LogP contribution < -0.4 is 5.32 Å². The molecular weight excluding hydrogens is 186 g/mol. The first-order valence-electron chi connectivity index (χ1n) is 4.91. The summed E-state index contributed by atoms with van der Waals surface area (Å²) in [6.45, 7) is 4.49. The lowest BCUT2D eigenvalue weighted by Crippen LogP contribution is -2.66. The first kappa shape index (κ1) is 10.3. The Morgan fingerprint density at radius 1 is 1.36 bits per heavy atom. The lowest BCUT2D eigenvalue weighted by molar-refractivity contribution is -0.309. The molecular formula is C9H17NO4. The Labute approximate surface area is 83.0 Å². The van der Waals surface area contributed by atoms with Crippen LogP contribution in [-0.2, 0) is 9.47 Å². The summed E-state index contributed by atoms with van der Waals surface area (Å²) in [6, 6.07) is -0.0265. The Morgan fingerprint density at radius 2 is 2.07 bits per heavy atom. The molecule has 2 fully saturated rings. The first-order valence-corrected chi connectivity index (χ1v) is 4.91. The number of hydrogen-bond acceptors (Lipinski definition) is 5. The predicted octanol–water partition coefficient (Wildman–Crippen LogP) is -1.17. The number of aliphatic hydroxyl groups excluding tert-OH is 2. The monoisotopic (exact) mass is 203 g/mol. The molecule has 2 heterocycles. The topological polar surface area (TPSA) is 71.0 Å². The van der Waals surface area contributed by atoms with Gasteiger partial charge in [0.2, 0.25) is 0 Å². The van der Waals surface area contributed by atoms with Gasteiger partial charge in [0.25, 0.3) is 0 Å². The Hall–Kier alpha value is -0.200. The van der Waals surface area contributed by atoms with Crippen molar-refractivity contribution in [2.75, 3.05) is 13.2 Å². The van der Waals surface area contributed by atoms with Crippen LogP contribution in [0.25, 0.3) is 0 Å². The molecule has 0 bridgehead atoms. The number of hydrogen-bond donors (Lipinski definition) is 3. The number of β-amino-alcohol motifs (C(OH)–C–C–N with tert-alkyl or cyclic N) is 1. The number of fused-ring (bicyclic) bond motifs is 1. The van der Waals surface area contributed by atoms with Gasteiger partial charge in [-0.05, 0) is 13.8 Å². The Morgan fingerprint density at radius 3 is 2.79 bits per heavy atom. The van der Waals surface area contributed by atoms with Crippen LogP contribution in [0.4, 0.5) is 0 Å². The molecule has 0 aromatic heterocycles. The van der Waals surface area contributed by atoms with Crippen LogP contribution in [0.15, 0.2) is 0 Å². The van der Waals surface area contributed by atoms with Crippen LogP contribution in [-0.4, -0.2) is 53.5 Å². The smallest absolute Gasteiger partial charge is 0.163 e. The van der Waals surface area contributed by atoms with E-state index in [4.69, 9.17) is 9.47 Å². The largest absolute Gasteiger partial charge is 0.389 e. The third-order valence-electron chi connectivity index (χ3n) is 2.75. The number of piperidine rings is 1. The molecule has 3 N–H and O–H groups in total. The standard InChI is InChI=1S/C9H17NO4/c1-9(2)13-4-5-8(14-9)7(12)6(11)3-10-5/h5-8,10-12H,3-4H2,1-2H3. The summed E-state index contributed by atoms with van der Waals surface area (Å²) >= 11 is 0. The third-order valence-corrected chi connectivity index (χ3v) is 2.75. The second-order valence-electron chi connectivity index (χ2n) is 4.37. The van der Waals surface area contributed by atoms with Crippen LogP contribution in [0.1, 0.15) is 13.8 Å². The van der Waals surface area contributed by atoms with Gasteiger partial charge < -0.3 is 25.0 Å². The molecule has 82 valence electrons. The van der Waals surface area contributed by atoms with Gasteiger partial charge in [-0.15, -0.1) is 0 Å². The van der Waals surface area contributed by atoms with Crippen molar-refractivity contribution in [2.24, 2.45) is 0 Å². The molecule has 2 saturated heterocycles. The van der Waals surface area contributed by atoms with Crippen molar-refractivity contribution in [1.29, 1.82) is 0 Å². The van der Waals surface area contributed by atoms with Crippen molar-refractivity contribution >= 4 is 0 Å². The highest BCUT2D eigenvalue weighted by molar-refractivity contribution is 4.96. The highest BCUT2D eigenvalue weighted by Gasteiger charge is 2.45. The van der Waals surface area contributed by atoms with Gasteiger partial charge in [0.05, 0.1) is 18.8 Å². The van der Waals surface area contributed by atoms with Crippen molar-refractivity contribution in [1.82, 2.24) is 5.32 Å². The minimum Gasteiger partial charge on any atom is -0.389 e. The number of aliphatic hydroxyl groups is 2. The van der Waals surface area contributed by atoms with Gasteiger partial charge in [-0.3, -0.25) is 0 Å². The fourth-order valence-electron chi connectivity index (χ4n) is 1.92. The summed E-state index contributed by atoms with van der Waals surface area (Å²) in [6.07, 6.45) is -1.97. The van der Waals surface area contributed by atoms with Crippen LogP contribution in [0.3, 0.4) is 0 Å². The van der Waals surface area contributed by atoms with Gasteiger partial charge in [-0.1, -0.05) is 0 Å². The minimum absolute atomic E-state index is 0.0265. The van der Waals surface area contributed by atoms with Gasteiger partial charge in [0.15, 0.2) is 5.79 Å². The van der Waals surface area contributed by atoms with Gasteiger partial charge in [0.1, 0.15) is 12.2 Å². The lowest BCUT2D eigenvalue weighted by Gasteiger charge is -2.47. The van der Waals surface area contributed by atoms with Crippen LogP contribution in [0.5, 0.6) is 0 Å². The summed E-state index contributed by atoms with van der Waals surface area (Å²) in [7, 11) is 0. The fraction of sp³-hybridized carbons (Fsp3) is 1.00. The number of rotatable bonds is 0. The van der Waals surface area contributed by atoms with E-state index < -0.39 is 18.0 Å². The van der Waals surface area contributed by atoms with Gasteiger partial charge in [0, 0.05) is 6.54 Å². The van der Waals surface area contributed by atoms with Crippen molar-refractivity contribution < 1.29 is 19.7 Å². The highest BCUT2D eigenvalue weighted by atomic mass is 16.7. The van der Waals surface area contributed by atoms with Crippen molar-refractivity contribution in [3.8, 4) is 0 Å². The van der Waals surface area contributed by atoms with Crippen LogP contribution in [0.2, 0.25) is 0 Å². The quantitative estimate of drug-likeness (QED) is 0.463. The molecule has 0 radical (unpaired) electrons. The SMILES string of the molecule is CC1(C)OCC2NCC(O)C(O)C2O1. The van der Waals surface area contributed by atoms with E-state index in [1.165, 1.54) is 0 Å². The molecule has 14 heavy (non-hydrogen) atoms. The fourth-order valence-corrected chi connectivity index (χ4v) is 1.92. The zero-order chi connectivity index (χ0) is 10.3. The second kappa shape index (κ2) is 3.43. The molecule has 0 saturated carbocycles. The van der Waals surface area contributed by atoms with Crippen molar-refractivity contribution in [3.63, 3.8) is 0 Å². The predicted molar refractivity (Wildman–Crippen MR) is 48.7 cm³/mol. The summed E-state index contributed by atoms with van der Waals surface area (Å²) < 4.78 is 11.0. The van der Waals surface area contributed by atoms with E-state index in [1.807, 2.05) is 0 Å². The summed E-state index contributed by atoms with van der Waals surface area (Å²) in [5.41, 5.74) is 0. The van der Waals surface area contributed by atoms with Crippen molar-refractivity contribution in [3.05, 3.63) is 0 Å². The molecule has 0 spiro atoms. The zero-order valence-electron chi connectivity index (χ0n) is 8.43. The maximum absolute atomic E-state index is 9.73. The minimum atomic E-state index is -0.829. The molecule has 5 nitrogen and oxygen atoms in total. The van der Waals surface area contributed by atoms with Gasteiger partial charge in [-0.25, -0.2) is 0 Å². The number of ether oxygens (including phenoxy) is 2. The molecule has 5 heteroatoms. The molecule has 0 aliphatic carbocycles. The molecule has 2 aliphatic rings. The van der Waals surface area contributed by atoms with E-state index in [9.17, 15) is 10.2 Å². The van der Waals surface area contributed by atoms with Crippen molar-refractivity contribution in [2.45, 2.75) is 44.0 Å². The molecule has 2 aliphatic heterocycles. The molecule has 0 aromatic carbocycles. The first-order chi connectivity index (χ1) is 6.49. The zero-order valence-corrected chi connectivity index (χ0v) is 8.43. The van der Waals surface area contributed by atoms with E-state index >= 15 is 0 Å². The lowest BCUT2D eigenvalue weighted by atomic mass is 9.95. The number of nitrogens with one attached hydrogen (secondary N) is 1. The average Bonchev–Trinajstić information content (AvgIpc) is 2.11. The van der Waals surface area contributed by atoms with Gasteiger partial charge in [-0.2, -0.15) is 0 Å². The van der Waals surface area contributed by atoms with E-state index in [2.05, 4.69) is 5.32 Å². The third kappa shape index (κ3) is 1.78. The maximum atomic E-state index is 9.73. The van der Waals surface area contributed by atoms with Crippen LogP contribution in [0, 0.1) is 0 Å². The Kier molecular flexibility index (Phi) is 2.53. The summed E-state index contributed by atoms with van der Waals surface area (Å²) in [5.74, 6) is -0.680. The highest BCUT2D eigenvalue weighted by Crippen LogP contribution is 2.27. The van der Waals surface area contributed by atoms with Crippen LogP contribution >= 0.6 is 0 Å². The summed E-state index contributed by atoms with van der Waals surface area (Å²) in [5, 5.41) is 22.3. The normalized spacial score (nSPS) is 47.1. The molecule has 2 rings (SSSR count). The average molecular weight is 203 g/mol. The van der Waals surface area contributed by atoms with E-state index in [0.29, 0.717) is 13.2 Å². The second-order valence-corrected chi connectivity index (χ2v) is 4.37.